The topological polar surface area (TPSA) is 74.8 Å². The van der Waals surface area contributed by atoms with E-state index >= 15 is 0 Å². The van der Waals surface area contributed by atoms with Crippen LogP contribution < -0.4 is 0 Å². The summed E-state index contributed by atoms with van der Waals surface area (Å²) in [4.78, 5) is 14.9. The van der Waals surface area contributed by atoms with Gasteiger partial charge in [-0.15, -0.1) is 5.10 Å². The van der Waals surface area contributed by atoms with Crippen LogP contribution in [0, 0.1) is 0 Å². The molecule has 0 aliphatic rings. The molecule has 0 aromatic carbocycles. The molecule has 7 heteroatoms. The van der Waals surface area contributed by atoms with Crippen molar-refractivity contribution in [2.75, 3.05) is 7.11 Å². The van der Waals surface area contributed by atoms with Gasteiger partial charge in [0.1, 0.15) is 6.33 Å². The van der Waals surface area contributed by atoms with Crippen LogP contribution in [-0.4, -0.2) is 37.6 Å². The Morgan fingerprint density at radius 1 is 1.56 bits per heavy atom. The molecule has 2 heterocycles. The van der Waals surface area contributed by atoms with Crippen LogP contribution in [-0.2, 0) is 18.3 Å². The Bertz CT molecular complexity index is 501. The average molecular weight is 221 g/mol. The molecule has 0 saturated carbocycles. The van der Waals surface area contributed by atoms with Gasteiger partial charge in [-0.1, -0.05) is 0 Å². The van der Waals surface area contributed by atoms with Gasteiger partial charge in [-0.05, 0) is 0 Å². The highest BCUT2D eigenvalue weighted by Gasteiger charge is 2.11. The molecule has 2 aromatic heterocycles. The van der Waals surface area contributed by atoms with Crippen molar-refractivity contribution in [3.63, 3.8) is 0 Å². The zero-order valence-electron chi connectivity index (χ0n) is 8.99. The lowest BCUT2D eigenvalue weighted by Crippen LogP contribution is -2.06. The number of rotatable bonds is 3. The smallest absolute Gasteiger partial charge is 0.377 e. The zero-order chi connectivity index (χ0) is 11.5. The Kier molecular flexibility index (Phi) is 2.67. The van der Waals surface area contributed by atoms with Crippen molar-refractivity contribution in [3.8, 4) is 0 Å². The summed E-state index contributed by atoms with van der Waals surface area (Å²) in [5.74, 6) is -0.476. The number of carbonyl (C=O) groups excluding carboxylic acids is 1. The van der Waals surface area contributed by atoms with Crippen LogP contribution in [0.25, 0.3) is 0 Å². The van der Waals surface area contributed by atoms with E-state index in [4.69, 9.17) is 0 Å². The second-order valence-electron chi connectivity index (χ2n) is 3.28. The molecule has 2 aromatic rings. The number of carbonyl (C=O) groups is 1. The molecule has 0 amide bonds. The third kappa shape index (κ3) is 2.08. The summed E-state index contributed by atoms with van der Waals surface area (Å²) in [5.41, 5.74) is 0.990. The van der Waals surface area contributed by atoms with Crippen molar-refractivity contribution >= 4 is 5.97 Å². The lowest BCUT2D eigenvalue weighted by molar-refractivity contribution is 0.0586. The Morgan fingerprint density at radius 3 is 3.00 bits per heavy atom. The first-order valence-corrected chi connectivity index (χ1v) is 4.64. The first kappa shape index (κ1) is 10.3. The standard InChI is InChI=1S/C9H11N5O2/c1-13-4-7(3-11-13)5-14-6-10-8(12-14)9(15)16-2/h3-4,6H,5H2,1-2H3. The van der Waals surface area contributed by atoms with Crippen molar-refractivity contribution in [1.29, 1.82) is 0 Å². The number of aromatic nitrogens is 5. The Hall–Kier alpha value is -2.18. The van der Waals surface area contributed by atoms with Gasteiger partial charge in [0.25, 0.3) is 5.82 Å². The van der Waals surface area contributed by atoms with Gasteiger partial charge in [0.2, 0.25) is 0 Å². The molecule has 0 atom stereocenters. The molecule has 0 saturated heterocycles. The van der Waals surface area contributed by atoms with Gasteiger partial charge in [-0.2, -0.15) is 5.10 Å². The number of hydrogen-bond donors (Lipinski definition) is 0. The third-order valence-electron chi connectivity index (χ3n) is 2.01. The van der Waals surface area contributed by atoms with Crippen LogP contribution in [0.2, 0.25) is 0 Å². The van der Waals surface area contributed by atoms with Crippen LogP contribution in [0.4, 0.5) is 0 Å². The summed E-state index contributed by atoms with van der Waals surface area (Å²) < 4.78 is 7.77. The minimum Gasteiger partial charge on any atom is -0.463 e. The number of methoxy groups -OCH3 is 1. The fourth-order valence-electron chi connectivity index (χ4n) is 1.30. The molecule has 84 valence electrons. The highest BCUT2D eigenvalue weighted by atomic mass is 16.5. The molecular formula is C9H11N5O2. The molecule has 0 fully saturated rings. The molecule has 0 N–H and O–H groups in total. The van der Waals surface area contributed by atoms with Gasteiger partial charge in [0.15, 0.2) is 0 Å². The van der Waals surface area contributed by atoms with Gasteiger partial charge < -0.3 is 4.74 Å². The van der Waals surface area contributed by atoms with E-state index in [1.165, 1.54) is 13.4 Å². The van der Waals surface area contributed by atoms with Gasteiger partial charge in [0.05, 0.1) is 19.9 Å². The van der Waals surface area contributed by atoms with E-state index in [2.05, 4.69) is 19.9 Å². The molecule has 0 radical (unpaired) electrons. The average Bonchev–Trinajstić information content (AvgIpc) is 2.87. The molecule has 16 heavy (non-hydrogen) atoms. The molecule has 0 spiro atoms. The van der Waals surface area contributed by atoms with Crippen LogP contribution >= 0.6 is 0 Å². The second-order valence-corrected chi connectivity index (χ2v) is 3.28. The van der Waals surface area contributed by atoms with Crippen LogP contribution in [0.3, 0.4) is 0 Å². The number of esters is 1. The molecule has 0 aliphatic carbocycles. The lowest BCUT2D eigenvalue weighted by Gasteiger charge is -1.95. The van der Waals surface area contributed by atoms with E-state index in [1.807, 2.05) is 13.2 Å². The number of aryl methyl sites for hydroxylation is 1. The predicted molar refractivity (Wildman–Crippen MR) is 53.7 cm³/mol. The maximum Gasteiger partial charge on any atom is 0.377 e. The normalized spacial score (nSPS) is 10.4. The SMILES string of the molecule is COC(=O)c1ncn(Cc2cnn(C)c2)n1. The van der Waals surface area contributed by atoms with Gasteiger partial charge >= 0.3 is 5.97 Å². The summed E-state index contributed by atoms with van der Waals surface area (Å²) in [6, 6.07) is 0. The summed E-state index contributed by atoms with van der Waals surface area (Å²) in [5, 5.41) is 8.01. The fourth-order valence-corrected chi connectivity index (χ4v) is 1.30. The molecule has 0 unspecified atom stereocenters. The molecule has 2 rings (SSSR count). The van der Waals surface area contributed by atoms with Crippen molar-refractivity contribution in [2.24, 2.45) is 7.05 Å². The fraction of sp³-hybridized carbons (Fsp3) is 0.333. The van der Waals surface area contributed by atoms with Crippen molar-refractivity contribution < 1.29 is 9.53 Å². The summed E-state index contributed by atoms with van der Waals surface area (Å²) in [6.07, 6.45) is 5.10. The van der Waals surface area contributed by atoms with Crippen LogP contribution in [0.15, 0.2) is 18.7 Å². The minimum absolute atomic E-state index is 0.0615. The van der Waals surface area contributed by atoms with Gasteiger partial charge in [0, 0.05) is 18.8 Å². The van der Waals surface area contributed by atoms with E-state index in [0.717, 1.165) is 5.56 Å². The Morgan fingerprint density at radius 2 is 2.38 bits per heavy atom. The van der Waals surface area contributed by atoms with Crippen molar-refractivity contribution in [2.45, 2.75) is 6.54 Å². The lowest BCUT2D eigenvalue weighted by atomic mass is 10.4. The van der Waals surface area contributed by atoms with Crippen LogP contribution in [0.1, 0.15) is 16.2 Å². The number of nitrogens with zero attached hydrogens (tertiary/aromatic N) is 5. The highest BCUT2D eigenvalue weighted by Crippen LogP contribution is 2.00. The molecule has 7 nitrogen and oxygen atoms in total. The maximum absolute atomic E-state index is 11.1. The monoisotopic (exact) mass is 221 g/mol. The number of ether oxygens (including phenoxy) is 1. The Balaban J connectivity index is 2.11. The maximum atomic E-state index is 11.1. The summed E-state index contributed by atoms with van der Waals surface area (Å²) in [7, 11) is 3.13. The summed E-state index contributed by atoms with van der Waals surface area (Å²) >= 11 is 0. The summed E-state index contributed by atoms with van der Waals surface area (Å²) in [6.45, 7) is 0.526. The molecular weight excluding hydrogens is 210 g/mol. The van der Waals surface area contributed by atoms with Crippen LogP contribution in [0.5, 0.6) is 0 Å². The third-order valence-corrected chi connectivity index (χ3v) is 2.01. The number of hydrogen-bond acceptors (Lipinski definition) is 5. The zero-order valence-corrected chi connectivity index (χ0v) is 8.99. The molecule has 0 aliphatic heterocycles. The first-order chi connectivity index (χ1) is 7.69. The van der Waals surface area contributed by atoms with E-state index in [0.29, 0.717) is 6.54 Å². The minimum atomic E-state index is -0.537. The quantitative estimate of drug-likeness (QED) is 0.673. The van der Waals surface area contributed by atoms with Gasteiger partial charge in [-0.3, -0.25) is 4.68 Å². The van der Waals surface area contributed by atoms with Gasteiger partial charge in [-0.25, -0.2) is 14.5 Å². The van der Waals surface area contributed by atoms with E-state index < -0.39 is 5.97 Å². The van der Waals surface area contributed by atoms with E-state index in [-0.39, 0.29) is 5.82 Å². The van der Waals surface area contributed by atoms with Crippen molar-refractivity contribution in [3.05, 3.63) is 30.1 Å². The largest absolute Gasteiger partial charge is 0.463 e. The predicted octanol–water partition coefficient (Wildman–Crippen LogP) is -0.154. The first-order valence-electron chi connectivity index (χ1n) is 4.64. The Labute approximate surface area is 91.7 Å². The van der Waals surface area contributed by atoms with Crippen molar-refractivity contribution in [1.82, 2.24) is 24.5 Å². The molecule has 0 bridgehead atoms. The van der Waals surface area contributed by atoms with E-state index in [1.54, 1.807) is 15.6 Å². The highest BCUT2D eigenvalue weighted by molar-refractivity contribution is 5.84. The second kappa shape index (κ2) is 4.13. The van der Waals surface area contributed by atoms with E-state index in [9.17, 15) is 4.79 Å².